The first-order chi connectivity index (χ1) is 13.2. The molecule has 0 unspecified atom stereocenters. The topological polar surface area (TPSA) is 60.5 Å². The third-order valence-corrected chi connectivity index (χ3v) is 5.16. The van der Waals surface area contributed by atoms with Gasteiger partial charge in [-0.2, -0.15) is 14.9 Å². The zero-order valence-corrected chi connectivity index (χ0v) is 15.9. The Morgan fingerprint density at radius 1 is 1.11 bits per heavy atom. The Morgan fingerprint density at radius 2 is 1.85 bits per heavy atom. The van der Waals surface area contributed by atoms with Crippen molar-refractivity contribution in [1.29, 1.82) is 5.26 Å². The van der Waals surface area contributed by atoms with Gasteiger partial charge in [0.15, 0.2) is 5.65 Å². The molecular formula is C21H24N6. The lowest BCUT2D eigenvalue weighted by molar-refractivity contribution is 0.286. The van der Waals surface area contributed by atoms with Crippen LogP contribution in [0, 0.1) is 18.3 Å². The van der Waals surface area contributed by atoms with Crippen LogP contribution in [0.2, 0.25) is 0 Å². The minimum absolute atomic E-state index is 0.499. The Hall–Kier alpha value is -2.91. The van der Waals surface area contributed by atoms with E-state index in [-0.39, 0.29) is 0 Å². The summed E-state index contributed by atoms with van der Waals surface area (Å²) in [5.41, 5.74) is 5.28. The maximum absolute atomic E-state index is 8.92. The Morgan fingerprint density at radius 3 is 2.52 bits per heavy atom. The molecule has 27 heavy (non-hydrogen) atoms. The molecule has 0 bridgehead atoms. The van der Waals surface area contributed by atoms with Gasteiger partial charge < -0.3 is 4.90 Å². The number of rotatable bonds is 4. The zero-order valence-electron chi connectivity index (χ0n) is 15.9. The number of anilines is 1. The van der Waals surface area contributed by atoms with E-state index in [1.54, 1.807) is 0 Å². The molecule has 4 rings (SSSR count). The van der Waals surface area contributed by atoms with Gasteiger partial charge in [0, 0.05) is 43.5 Å². The van der Waals surface area contributed by atoms with Crippen LogP contribution in [-0.2, 0) is 6.42 Å². The maximum Gasteiger partial charge on any atom is 0.165 e. The largest absolute Gasteiger partial charge is 0.354 e. The molecule has 0 saturated carbocycles. The van der Waals surface area contributed by atoms with Crippen molar-refractivity contribution >= 4 is 11.5 Å². The monoisotopic (exact) mass is 360 g/mol. The second-order valence-electron chi connectivity index (χ2n) is 6.95. The van der Waals surface area contributed by atoms with E-state index >= 15 is 0 Å². The van der Waals surface area contributed by atoms with E-state index in [1.807, 2.05) is 17.5 Å². The van der Waals surface area contributed by atoms with E-state index in [0.717, 1.165) is 66.6 Å². The van der Waals surface area contributed by atoms with Crippen LogP contribution in [0.25, 0.3) is 16.8 Å². The standard InChI is InChI=1S/C21H24N6/c1-3-18-20(17-7-5-4-6-8-17)21-23-16(2)15-19(27(21)24-18)26-13-11-25(10-9-22)12-14-26/h4-8,15H,3,10-14H2,1-2H3. The lowest BCUT2D eigenvalue weighted by Crippen LogP contribution is -2.47. The molecule has 1 aliphatic rings. The molecular weight excluding hydrogens is 336 g/mol. The maximum atomic E-state index is 8.92. The van der Waals surface area contributed by atoms with Crippen molar-refractivity contribution < 1.29 is 0 Å². The number of nitrogens with zero attached hydrogens (tertiary/aromatic N) is 6. The predicted octanol–water partition coefficient (Wildman–Crippen LogP) is 2.91. The van der Waals surface area contributed by atoms with Gasteiger partial charge in [0.1, 0.15) is 5.82 Å². The molecule has 0 atom stereocenters. The Labute approximate surface area is 159 Å². The van der Waals surface area contributed by atoms with Gasteiger partial charge in [-0.05, 0) is 18.9 Å². The number of fused-ring (bicyclic) bond motifs is 1. The summed E-state index contributed by atoms with van der Waals surface area (Å²) in [6.45, 7) is 8.25. The molecule has 3 aromatic rings. The first-order valence-corrected chi connectivity index (χ1v) is 9.50. The summed E-state index contributed by atoms with van der Waals surface area (Å²) in [7, 11) is 0. The third-order valence-electron chi connectivity index (χ3n) is 5.16. The van der Waals surface area contributed by atoms with Crippen molar-refractivity contribution in [3.05, 3.63) is 47.8 Å². The van der Waals surface area contributed by atoms with Gasteiger partial charge in [0.05, 0.1) is 18.3 Å². The molecule has 3 heterocycles. The van der Waals surface area contributed by atoms with Crippen molar-refractivity contribution in [1.82, 2.24) is 19.5 Å². The molecule has 2 aromatic heterocycles. The van der Waals surface area contributed by atoms with E-state index in [2.05, 4.69) is 53.1 Å². The van der Waals surface area contributed by atoms with E-state index in [9.17, 15) is 0 Å². The molecule has 1 aliphatic heterocycles. The SMILES string of the molecule is CCc1nn2c(N3CCN(CC#N)CC3)cc(C)nc2c1-c1ccccc1. The van der Waals surface area contributed by atoms with Crippen molar-refractivity contribution in [3.8, 4) is 17.2 Å². The summed E-state index contributed by atoms with van der Waals surface area (Å²) in [5.74, 6) is 1.09. The van der Waals surface area contributed by atoms with Gasteiger partial charge in [-0.1, -0.05) is 37.3 Å². The van der Waals surface area contributed by atoms with Crippen LogP contribution in [0.3, 0.4) is 0 Å². The fraction of sp³-hybridized carbons (Fsp3) is 0.381. The van der Waals surface area contributed by atoms with Gasteiger partial charge in [-0.15, -0.1) is 0 Å². The molecule has 138 valence electrons. The van der Waals surface area contributed by atoms with E-state index in [4.69, 9.17) is 15.3 Å². The normalized spacial score (nSPS) is 15.2. The zero-order chi connectivity index (χ0) is 18.8. The average molecular weight is 360 g/mol. The Balaban J connectivity index is 1.79. The smallest absolute Gasteiger partial charge is 0.165 e. The molecule has 0 spiro atoms. The lowest BCUT2D eigenvalue weighted by atomic mass is 10.0. The number of hydrogen-bond acceptors (Lipinski definition) is 5. The second kappa shape index (κ2) is 7.37. The first kappa shape index (κ1) is 17.5. The highest BCUT2D eigenvalue weighted by Crippen LogP contribution is 2.31. The average Bonchev–Trinajstić information content (AvgIpc) is 3.07. The molecule has 6 nitrogen and oxygen atoms in total. The van der Waals surface area contributed by atoms with Crippen molar-refractivity contribution in [3.63, 3.8) is 0 Å². The molecule has 1 aromatic carbocycles. The van der Waals surface area contributed by atoms with E-state index in [0.29, 0.717) is 6.54 Å². The predicted molar refractivity (Wildman–Crippen MR) is 107 cm³/mol. The van der Waals surface area contributed by atoms with E-state index < -0.39 is 0 Å². The van der Waals surface area contributed by atoms with Crippen molar-refractivity contribution in [2.45, 2.75) is 20.3 Å². The van der Waals surface area contributed by atoms with E-state index in [1.165, 1.54) is 0 Å². The molecule has 0 N–H and O–H groups in total. The third kappa shape index (κ3) is 3.26. The molecule has 0 radical (unpaired) electrons. The van der Waals surface area contributed by atoms with Crippen LogP contribution in [0.15, 0.2) is 36.4 Å². The fourth-order valence-corrected chi connectivity index (χ4v) is 3.77. The number of aryl methyl sites for hydroxylation is 2. The Bertz CT molecular complexity index is 977. The minimum Gasteiger partial charge on any atom is -0.354 e. The summed E-state index contributed by atoms with van der Waals surface area (Å²) < 4.78 is 2.01. The molecule has 6 heteroatoms. The van der Waals surface area contributed by atoms with Crippen LogP contribution in [0.5, 0.6) is 0 Å². The minimum atomic E-state index is 0.499. The molecule has 0 aliphatic carbocycles. The lowest BCUT2D eigenvalue weighted by Gasteiger charge is -2.34. The summed E-state index contributed by atoms with van der Waals surface area (Å²) in [5, 5.41) is 13.8. The highest BCUT2D eigenvalue weighted by molar-refractivity contribution is 5.81. The summed E-state index contributed by atoms with van der Waals surface area (Å²) >= 11 is 0. The highest BCUT2D eigenvalue weighted by atomic mass is 15.4. The van der Waals surface area contributed by atoms with Gasteiger partial charge in [0.25, 0.3) is 0 Å². The van der Waals surface area contributed by atoms with Gasteiger partial charge >= 0.3 is 0 Å². The van der Waals surface area contributed by atoms with Crippen molar-refractivity contribution in [2.24, 2.45) is 0 Å². The highest BCUT2D eigenvalue weighted by Gasteiger charge is 2.23. The van der Waals surface area contributed by atoms with Crippen LogP contribution < -0.4 is 4.90 Å². The van der Waals surface area contributed by atoms with Gasteiger partial charge in [-0.25, -0.2) is 4.98 Å². The molecule has 1 saturated heterocycles. The second-order valence-corrected chi connectivity index (χ2v) is 6.95. The number of nitriles is 1. The fourth-order valence-electron chi connectivity index (χ4n) is 3.77. The van der Waals surface area contributed by atoms with Gasteiger partial charge in [0.2, 0.25) is 0 Å². The summed E-state index contributed by atoms with van der Waals surface area (Å²) in [4.78, 5) is 9.39. The number of hydrogen-bond donors (Lipinski definition) is 0. The van der Waals surface area contributed by atoms with Crippen LogP contribution in [-0.4, -0.2) is 52.2 Å². The number of aromatic nitrogens is 3. The summed E-state index contributed by atoms with van der Waals surface area (Å²) in [6, 6.07) is 14.8. The first-order valence-electron chi connectivity index (χ1n) is 9.50. The van der Waals surface area contributed by atoms with Crippen LogP contribution in [0.4, 0.5) is 5.82 Å². The molecule has 1 fully saturated rings. The Kier molecular flexibility index (Phi) is 4.78. The quantitative estimate of drug-likeness (QED) is 0.670. The van der Waals surface area contributed by atoms with Crippen molar-refractivity contribution in [2.75, 3.05) is 37.6 Å². The summed E-state index contributed by atoms with van der Waals surface area (Å²) in [6.07, 6.45) is 0.863. The number of piperazine rings is 1. The molecule has 0 amide bonds. The van der Waals surface area contributed by atoms with Crippen LogP contribution >= 0.6 is 0 Å². The van der Waals surface area contributed by atoms with Crippen LogP contribution in [0.1, 0.15) is 18.3 Å². The number of benzene rings is 1. The van der Waals surface area contributed by atoms with Gasteiger partial charge in [-0.3, -0.25) is 4.90 Å².